The van der Waals surface area contributed by atoms with Gasteiger partial charge in [0.25, 0.3) is 0 Å². The molecule has 1 heterocycles. The summed E-state index contributed by atoms with van der Waals surface area (Å²) < 4.78 is 5.05. The van der Waals surface area contributed by atoms with Crippen LogP contribution in [-0.2, 0) is 4.74 Å². The van der Waals surface area contributed by atoms with Crippen molar-refractivity contribution >= 4 is 29.9 Å². The minimum Gasteiger partial charge on any atom is -0.383 e. The molecule has 1 aliphatic heterocycles. The second-order valence-electron chi connectivity index (χ2n) is 5.29. The first-order valence-electron chi connectivity index (χ1n) is 7.46. The maximum absolute atomic E-state index is 6.06. The summed E-state index contributed by atoms with van der Waals surface area (Å²) in [7, 11) is 3.85. The zero-order valence-electron chi connectivity index (χ0n) is 13.0. The van der Waals surface area contributed by atoms with Crippen LogP contribution in [0.4, 0.5) is 0 Å². The van der Waals surface area contributed by atoms with Crippen LogP contribution in [0.3, 0.4) is 0 Å². The fourth-order valence-corrected chi connectivity index (χ4v) is 2.29. The first-order valence-corrected chi connectivity index (χ1v) is 7.46. The third kappa shape index (κ3) is 8.97. The molecule has 0 aromatic heterocycles. The number of nitrogens with two attached hydrogens (primary N) is 1. The molecule has 0 aromatic carbocycles. The van der Waals surface area contributed by atoms with Crippen LogP contribution >= 0.6 is 24.0 Å². The second-order valence-corrected chi connectivity index (χ2v) is 5.29. The van der Waals surface area contributed by atoms with E-state index in [1.807, 2.05) is 0 Å². The van der Waals surface area contributed by atoms with Crippen molar-refractivity contribution in [2.24, 2.45) is 10.7 Å². The summed E-state index contributed by atoms with van der Waals surface area (Å²) in [5.41, 5.74) is 6.06. The van der Waals surface area contributed by atoms with Crippen LogP contribution in [0.15, 0.2) is 4.99 Å². The number of likely N-dealkylation sites (N-methyl/N-ethyl adjacent to an activating group) is 1. The molecular formula is C14H31IN4O. The highest BCUT2D eigenvalue weighted by molar-refractivity contribution is 14.0. The summed E-state index contributed by atoms with van der Waals surface area (Å²) in [6, 6.07) is 0. The van der Waals surface area contributed by atoms with Gasteiger partial charge in [0.1, 0.15) is 0 Å². The predicted molar refractivity (Wildman–Crippen MR) is 95.9 cm³/mol. The van der Waals surface area contributed by atoms with Gasteiger partial charge in [-0.15, -0.1) is 24.0 Å². The summed E-state index contributed by atoms with van der Waals surface area (Å²) in [5, 5.41) is 0. The minimum absolute atomic E-state index is 0. The molecule has 0 bridgehead atoms. The summed E-state index contributed by atoms with van der Waals surface area (Å²) in [6.07, 6.45) is 6.20. The standard InChI is InChI=1S/C14H30N4O.HI/c1-17(12-13-19-2)9-7-8-16-14(15)18-10-5-3-4-6-11-18;/h3-13H2,1-2H3,(H2,15,16);1H. The van der Waals surface area contributed by atoms with Gasteiger partial charge < -0.3 is 20.3 Å². The van der Waals surface area contributed by atoms with E-state index < -0.39 is 0 Å². The molecule has 0 unspecified atom stereocenters. The Morgan fingerprint density at radius 1 is 1.20 bits per heavy atom. The van der Waals surface area contributed by atoms with Crippen LogP contribution in [0.2, 0.25) is 0 Å². The Balaban J connectivity index is 0.00000361. The van der Waals surface area contributed by atoms with Crippen molar-refractivity contribution in [1.82, 2.24) is 9.80 Å². The third-order valence-electron chi connectivity index (χ3n) is 3.58. The monoisotopic (exact) mass is 398 g/mol. The lowest BCUT2D eigenvalue weighted by Gasteiger charge is -2.21. The topological polar surface area (TPSA) is 54.1 Å². The maximum atomic E-state index is 6.06. The van der Waals surface area contributed by atoms with Crippen LogP contribution in [0.1, 0.15) is 32.1 Å². The quantitative estimate of drug-likeness (QED) is 0.307. The number of ether oxygens (including phenoxy) is 1. The molecule has 0 saturated carbocycles. The number of likely N-dealkylation sites (tertiary alicyclic amines) is 1. The van der Waals surface area contributed by atoms with Crippen molar-refractivity contribution in [3.8, 4) is 0 Å². The van der Waals surface area contributed by atoms with Crippen LogP contribution in [0.25, 0.3) is 0 Å². The second kappa shape index (κ2) is 12.6. The third-order valence-corrected chi connectivity index (χ3v) is 3.58. The molecule has 0 aromatic rings. The van der Waals surface area contributed by atoms with Crippen molar-refractivity contribution in [2.75, 3.05) is 53.5 Å². The summed E-state index contributed by atoms with van der Waals surface area (Å²) in [6.45, 7) is 5.77. The average Bonchev–Trinajstić information content (AvgIpc) is 2.70. The fourth-order valence-electron chi connectivity index (χ4n) is 2.29. The first kappa shape index (κ1) is 19.9. The molecule has 120 valence electrons. The Bertz CT molecular complexity index is 256. The molecule has 20 heavy (non-hydrogen) atoms. The van der Waals surface area contributed by atoms with Gasteiger partial charge in [0.15, 0.2) is 5.96 Å². The molecule has 0 atom stereocenters. The number of guanidine groups is 1. The average molecular weight is 398 g/mol. The normalized spacial score (nSPS) is 16.9. The zero-order chi connectivity index (χ0) is 13.9. The summed E-state index contributed by atoms with van der Waals surface area (Å²) in [5.74, 6) is 0.737. The SMILES string of the molecule is COCCN(C)CCCN=C(N)N1CCCCCC1.I. The van der Waals surface area contributed by atoms with E-state index in [1.165, 1.54) is 25.7 Å². The van der Waals surface area contributed by atoms with Gasteiger partial charge in [-0.3, -0.25) is 4.99 Å². The Morgan fingerprint density at radius 2 is 1.85 bits per heavy atom. The largest absolute Gasteiger partial charge is 0.383 e. The molecule has 1 aliphatic rings. The van der Waals surface area contributed by atoms with E-state index in [0.717, 1.165) is 51.7 Å². The molecular weight excluding hydrogens is 367 g/mol. The number of hydrogen-bond acceptors (Lipinski definition) is 3. The van der Waals surface area contributed by atoms with Gasteiger partial charge in [0.05, 0.1) is 6.61 Å². The van der Waals surface area contributed by atoms with E-state index >= 15 is 0 Å². The molecule has 2 N–H and O–H groups in total. The van der Waals surface area contributed by atoms with Crippen molar-refractivity contribution in [1.29, 1.82) is 0 Å². The van der Waals surface area contributed by atoms with Crippen molar-refractivity contribution in [2.45, 2.75) is 32.1 Å². The highest BCUT2D eigenvalue weighted by atomic mass is 127. The molecule has 1 saturated heterocycles. The van der Waals surface area contributed by atoms with Crippen LogP contribution in [0, 0.1) is 0 Å². The van der Waals surface area contributed by atoms with E-state index in [9.17, 15) is 0 Å². The number of nitrogens with zero attached hydrogens (tertiary/aromatic N) is 3. The summed E-state index contributed by atoms with van der Waals surface area (Å²) >= 11 is 0. The number of methoxy groups -OCH3 is 1. The van der Waals surface area contributed by atoms with Crippen LogP contribution in [-0.4, -0.2) is 69.2 Å². The van der Waals surface area contributed by atoms with Crippen molar-refractivity contribution in [3.05, 3.63) is 0 Å². The van der Waals surface area contributed by atoms with E-state index in [1.54, 1.807) is 7.11 Å². The molecule has 0 spiro atoms. The lowest BCUT2D eigenvalue weighted by Crippen LogP contribution is -2.38. The molecule has 6 heteroatoms. The van der Waals surface area contributed by atoms with E-state index in [4.69, 9.17) is 10.5 Å². The van der Waals surface area contributed by atoms with Crippen LogP contribution in [0.5, 0.6) is 0 Å². The van der Waals surface area contributed by atoms with E-state index in [0.29, 0.717) is 0 Å². The lowest BCUT2D eigenvalue weighted by molar-refractivity contribution is 0.161. The van der Waals surface area contributed by atoms with Crippen LogP contribution < -0.4 is 5.73 Å². The smallest absolute Gasteiger partial charge is 0.191 e. The maximum Gasteiger partial charge on any atom is 0.191 e. The number of aliphatic imine (C=N–C) groups is 1. The van der Waals surface area contributed by atoms with E-state index in [2.05, 4.69) is 21.8 Å². The Hall–Kier alpha value is -0.0800. The van der Waals surface area contributed by atoms with Gasteiger partial charge in [-0.05, 0) is 32.9 Å². The molecule has 1 rings (SSSR count). The Labute approximate surface area is 140 Å². The molecule has 0 amide bonds. The first-order chi connectivity index (χ1) is 9.24. The molecule has 0 radical (unpaired) electrons. The number of hydrogen-bond donors (Lipinski definition) is 1. The van der Waals surface area contributed by atoms with Gasteiger partial charge >= 0.3 is 0 Å². The Morgan fingerprint density at radius 3 is 2.45 bits per heavy atom. The highest BCUT2D eigenvalue weighted by Crippen LogP contribution is 2.09. The number of halogens is 1. The zero-order valence-corrected chi connectivity index (χ0v) is 15.3. The van der Waals surface area contributed by atoms with Gasteiger partial charge in [0.2, 0.25) is 0 Å². The van der Waals surface area contributed by atoms with Gasteiger partial charge in [0, 0.05) is 33.3 Å². The van der Waals surface area contributed by atoms with Gasteiger partial charge in [-0.25, -0.2) is 0 Å². The lowest BCUT2D eigenvalue weighted by atomic mass is 10.2. The van der Waals surface area contributed by atoms with E-state index in [-0.39, 0.29) is 24.0 Å². The predicted octanol–water partition coefficient (Wildman–Crippen LogP) is 1.76. The minimum atomic E-state index is 0. The molecule has 0 aliphatic carbocycles. The molecule has 1 fully saturated rings. The van der Waals surface area contributed by atoms with Gasteiger partial charge in [-0.2, -0.15) is 0 Å². The highest BCUT2D eigenvalue weighted by Gasteiger charge is 2.10. The molecule has 5 nitrogen and oxygen atoms in total. The summed E-state index contributed by atoms with van der Waals surface area (Å²) in [4.78, 5) is 9.01. The van der Waals surface area contributed by atoms with Crippen molar-refractivity contribution < 1.29 is 4.74 Å². The van der Waals surface area contributed by atoms with Gasteiger partial charge in [-0.1, -0.05) is 12.8 Å². The fraction of sp³-hybridized carbons (Fsp3) is 0.929. The number of rotatable bonds is 7. The Kier molecular flexibility index (Phi) is 12.6. The van der Waals surface area contributed by atoms with Crippen molar-refractivity contribution in [3.63, 3.8) is 0 Å².